The molecule has 48 heavy (non-hydrogen) atoms. The van der Waals surface area contributed by atoms with Crippen molar-refractivity contribution in [3.8, 4) is 0 Å². The maximum atomic E-state index is 12.7. The van der Waals surface area contributed by atoms with Crippen LogP contribution in [0.3, 0.4) is 0 Å². The molecule has 276 valence electrons. The summed E-state index contributed by atoms with van der Waals surface area (Å²) < 4.78 is 22.0. The van der Waals surface area contributed by atoms with Crippen LogP contribution < -0.4 is 11.1 Å². The van der Waals surface area contributed by atoms with Crippen molar-refractivity contribution in [1.29, 1.82) is 0 Å². The van der Waals surface area contributed by atoms with E-state index in [9.17, 15) is 19.4 Å². The lowest BCUT2D eigenvalue weighted by atomic mass is 10.1. The number of hydrogen-bond acceptors (Lipinski definition) is 6. The van der Waals surface area contributed by atoms with Crippen LogP contribution >= 0.6 is 7.82 Å². The van der Waals surface area contributed by atoms with Gasteiger partial charge in [-0.2, -0.15) is 0 Å². The van der Waals surface area contributed by atoms with Gasteiger partial charge in [0.15, 0.2) is 0 Å². The van der Waals surface area contributed by atoms with Gasteiger partial charge in [0.25, 0.3) is 0 Å². The largest absolute Gasteiger partial charge is 0.472 e. The van der Waals surface area contributed by atoms with Crippen LogP contribution in [0.1, 0.15) is 136 Å². The van der Waals surface area contributed by atoms with Crippen molar-refractivity contribution in [3.63, 3.8) is 0 Å². The van der Waals surface area contributed by atoms with Gasteiger partial charge in [-0.15, -0.1) is 0 Å². The average molecular weight is 693 g/mol. The van der Waals surface area contributed by atoms with Crippen LogP contribution in [0.4, 0.5) is 0 Å². The number of unbranched alkanes of at least 4 members (excludes halogenated alkanes) is 11. The zero-order valence-corrected chi connectivity index (χ0v) is 31.1. The third-order valence-corrected chi connectivity index (χ3v) is 8.48. The second-order valence-corrected chi connectivity index (χ2v) is 13.5. The Balaban J connectivity index is 4.46. The maximum Gasteiger partial charge on any atom is 0.472 e. The Bertz CT molecular complexity index is 976. The third-order valence-electron chi connectivity index (χ3n) is 7.49. The smallest absolute Gasteiger partial charge is 0.387 e. The Morgan fingerprint density at radius 2 is 1.23 bits per heavy atom. The minimum atomic E-state index is -4.35. The number of phosphoric ester groups is 1. The molecular formula is C39H69N2O6P. The van der Waals surface area contributed by atoms with E-state index in [1.165, 1.54) is 25.7 Å². The molecule has 1 amide bonds. The van der Waals surface area contributed by atoms with Crippen molar-refractivity contribution in [2.24, 2.45) is 5.73 Å². The molecule has 3 unspecified atom stereocenters. The lowest BCUT2D eigenvalue weighted by Crippen LogP contribution is -2.45. The molecule has 0 aromatic carbocycles. The summed E-state index contributed by atoms with van der Waals surface area (Å²) in [5.41, 5.74) is 5.35. The molecule has 0 rings (SSSR count). The first-order chi connectivity index (χ1) is 23.4. The van der Waals surface area contributed by atoms with Crippen molar-refractivity contribution in [2.45, 2.75) is 148 Å². The SMILES string of the molecule is CC/C=C\C/C=C\C/C=C\CCCCCCCC(=O)NC(COP(=O)(O)OCCN)C(O)/C=C/CC/C=C/CC/C=C/CCCCCC. The number of nitrogens with one attached hydrogen (secondary N) is 1. The molecule has 3 atom stereocenters. The maximum absolute atomic E-state index is 12.7. The number of hydrogen-bond donors (Lipinski definition) is 4. The van der Waals surface area contributed by atoms with Crippen LogP contribution in [0.2, 0.25) is 0 Å². The minimum Gasteiger partial charge on any atom is -0.387 e. The van der Waals surface area contributed by atoms with E-state index in [1.54, 1.807) is 6.08 Å². The fourth-order valence-corrected chi connectivity index (χ4v) is 5.46. The van der Waals surface area contributed by atoms with Crippen LogP contribution in [0.15, 0.2) is 72.9 Å². The van der Waals surface area contributed by atoms with Crippen LogP contribution in [-0.2, 0) is 18.4 Å². The lowest BCUT2D eigenvalue weighted by molar-refractivity contribution is -0.123. The standard InChI is InChI=1S/C39H69N2O6P/c1-3-5-7-9-11-13-15-17-19-21-23-25-27-29-31-33-39(43)41-37(36-47-48(44,45)46-35-34-40)38(42)32-30-28-26-24-22-20-18-16-14-12-10-8-6-4-2/h5,7,11,13-14,16-17,19,22,24,30,32,37-38,42H,3-4,6,8-10,12,15,18,20-21,23,25-29,31,33-36,40H2,1-2H3,(H,41,43)(H,44,45)/b7-5-,13-11-,16-14+,19-17-,24-22+,32-30+. The molecule has 0 spiro atoms. The molecule has 0 aromatic rings. The molecular weight excluding hydrogens is 623 g/mol. The molecule has 0 radical (unpaired) electrons. The summed E-state index contributed by atoms with van der Waals surface area (Å²) in [6.45, 7) is 3.92. The summed E-state index contributed by atoms with van der Waals surface area (Å²) in [6.07, 6.45) is 43.7. The summed E-state index contributed by atoms with van der Waals surface area (Å²) in [5.74, 6) is -0.231. The summed E-state index contributed by atoms with van der Waals surface area (Å²) in [4.78, 5) is 22.6. The molecule has 0 fully saturated rings. The van der Waals surface area contributed by atoms with Gasteiger partial charge in [0.05, 0.1) is 25.4 Å². The Morgan fingerprint density at radius 1 is 0.708 bits per heavy atom. The Kier molecular flexibility index (Phi) is 33.3. The predicted molar refractivity (Wildman–Crippen MR) is 203 cm³/mol. The molecule has 8 nitrogen and oxygen atoms in total. The minimum absolute atomic E-state index is 0.0649. The molecule has 0 aliphatic carbocycles. The fourth-order valence-electron chi connectivity index (χ4n) is 4.70. The normalized spacial score (nSPS) is 15.2. The number of carbonyl (C=O) groups excluding carboxylic acids is 1. The molecule has 0 saturated heterocycles. The zero-order chi connectivity index (χ0) is 35.4. The molecule has 0 saturated carbocycles. The van der Waals surface area contributed by atoms with E-state index >= 15 is 0 Å². The van der Waals surface area contributed by atoms with E-state index in [-0.39, 0.29) is 25.7 Å². The van der Waals surface area contributed by atoms with Crippen LogP contribution in [0, 0.1) is 0 Å². The lowest BCUT2D eigenvalue weighted by Gasteiger charge is -2.23. The second kappa shape index (κ2) is 34.8. The number of allylic oxidation sites excluding steroid dienone is 11. The first-order valence-electron chi connectivity index (χ1n) is 18.6. The summed E-state index contributed by atoms with van der Waals surface area (Å²) >= 11 is 0. The van der Waals surface area contributed by atoms with E-state index in [0.29, 0.717) is 6.42 Å². The van der Waals surface area contributed by atoms with Gasteiger partial charge in [-0.3, -0.25) is 13.8 Å². The van der Waals surface area contributed by atoms with E-state index in [2.05, 4.69) is 79.9 Å². The van der Waals surface area contributed by atoms with Crippen molar-refractivity contribution in [3.05, 3.63) is 72.9 Å². The summed E-state index contributed by atoms with van der Waals surface area (Å²) in [7, 11) is -4.35. The van der Waals surface area contributed by atoms with Crippen LogP contribution in [0.5, 0.6) is 0 Å². The Morgan fingerprint density at radius 3 is 1.85 bits per heavy atom. The highest BCUT2D eigenvalue weighted by Gasteiger charge is 2.26. The van der Waals surface area contributed by atoms with E-state index in [1.807, 2.05) is 6.08 Å². The predicted octanol–water partition coefficient (Wildman–Crippen LogP) is 9.71. The number of rotatable bonds is 33. The van der Waals surface area contributed by atoms with Gasteiger partial charge in [0.1, 0.15) is 0 Å². The molecule has 0 aliphatic heterocycles. The molecule has 0 bridgehead atoms. The molecule has 9 heteroatoms. The summed E-state index contributed by atoms with van der Waals surface area (Å²) in [5, 5.41) is 13.6. The van der Waals surface area contributed by atoms with Crippen LogP contribution in [0.25, 0.3) is 0 Å². The van der Waals surface area contributed by atoms with Gasteiger partial charge < -0.3 is 21.1 Å². The van der Waals surface area contributed by atoms with Gasteiger partial charge in [-0.25, -0.2) is 4.57 Å². The van der Waals surface area contributed by atoms with Crippen molar-refractivity contribution >= 4 is 13.7 Å². The second-order valence-electron chi connectivity index (χ2n) is 12.0. The van der Waals surface area contributed by atoms with Crippen molar-refractivity contribution in [2.75, 3.05) is 19.8 Å². The van der Waals surface area contributed by atoms with Gasteiger partial charge in [-0.05, 0) is 77.0 Å². The average Bonchev–Trinajstić information content (AvgIpc) is 3.07. The first kappa shape index (κ1) is 45.9. The number of carbonyl (C=O) groups is 1. The van der Waals surface area contributed by atoms with E-state index < -0.39 is 20.0 Å². The quantitative estimate of drug-likeness (QED) is 0.0306. The highest BCUT2D eigenvalue weighted by molar-refractivity contribution is 7.47. The highest BCUT2D eigenvalue weighted by atomic mass is 31.2. The van der Waals surface area contributed by atoms with Gasteiger partial charge in [0, 0.05) is 13.0 Å². The number of aliphatic hydroxyl groups excluding tert-OH is 1. The van der Waals surface area contributed by atoms with Crippen molar-refractivity contribution < 1.29 is 28.4 Å². The van der Waals surface area contributed by atoms with Gasteiger partial charge in [0.2, 0.25) is 5.91 Å². The number of phosphoric acid groups is 1. The van der Waals surface area contributed by atoms with Crippen molar-refractivity contribution in [1.82, 2.24) is 5.32 Å². The first-order valence-corrected chi connectivity index (χ1v) is 20.1. The van der Waals surface area contributed by atoms with Gasteiger partial charge in [-0.1, -0.05) is 125 Å². The molecule has 0 aromatic heterocycles. The molecule has 5 N–H and O–H groups in total. The molecule has 0 aliphatic rings. The summed E-state index contributed by atoms with van der Waals surface area (Å²) in [6, 6.07) is -0.894. The highest BCUT2D eigenvalue weighted by Crippen LogP contribution is 2.43. The zero-order valence-electron chi connectivity index (χ0n) is 30.2. The van der Waals surface area contributed by atoms with Crippen LogP contribution in [-0.4, -0.2) is 47.8 Å². The van der Waals surface area contributed by atoms with Gasteiger partial charge >= 0.3 is 7.82 Å². The Labute approximate surface area is 293 Å². The number of amides is 1. The van der Waals surface area contributed by atoms with E-state index in [4.69, 9.17) is 14.8 Å². The Hall–Kier alpha value is -2.06. The third kappa shape index (κ3) is 32.5. The van der Waals surface area contributed by atoms with E-state index in [0.717, 1.165) is 89.9 Å². The number of nitrogens with two attached hydrogens (primary N) is 1. The number of aliphatic hydroxyl groups is 1. The topological polar surface area (TPSA) is 131 Å². The monoisotopic (exact) mass is 692 g/mol. The molecule has 0 heterocycles. The fraction of sp³-hybridized carbons (Fsp3) is 0.667.